The van der Waals surface area contributed by atoms with Crippen LogP contribution in [-0.4, -0.2) is 21.2 Å². The summed E-state index contributed by atoms with van der Waals surface area (Å²) in [5, 5.41) is 0.417. The van der Waals surface area contributed by atoms with Gasteiger partial charge in [-0.25, -0.2) is 0 Å². The van der Waals surface area contributed by atoms with Crippen LogP contribution >= 0.6 is 23.7 Å². The van der Waals surface area contributed by atoms with E-state index in [1.165, 1.54) is 5.56 Å². The van der Waals surface area contributed by atoms with Gasteiger partial charge >= 0.3 is 0 Å². The van der Waals surface area contributed by atoms with Crippen molar-refractivity contribution in [2.75, 3.05) is 5.75 Å². The number of nitrogens with zero attached hydrogens (tertiary/aromatic N) is 1. The van der Waals surface area contributed by atoms with Gasteiger partial charge in [-0.3, -0.25) is 9.10 Å². The zero-order valence-corrected chi connectivity index (χ0v) is 12.0. The number of benzene rings is 1. The Morgan fingerprint density at radius 2 is 2.00 bits per heavy atom. The van der Waals surface area contributed by atoms with Crippen molar-refractivity contribution in [2.24, 2.45) is 0 Å². The predicted molar refractivity (Wildman–Crippen MR) is 75.8 cm³/mol. The van der Waals surface area contributed by atoms with Crippen LogP contribution in [-0.2, 0) is 9.67 Å². The van der Waals surface area contributed by atoms with E-state index in [0.717, 1.165) is 0 Å². The van der Waals surface area contributed by atoms with Crippen LogP contribution in [0.2, 0.25) is 0 Å². The molecule has 0 spiro atoms. The first-order chi connectivity index (χ1) is 8.04. The van der Waals surface area contributed by atoms with Crippen molar-refractivity contribution in [3.63, 3.8) is 0 Å². The maximum absolute atomic E-state index is 12.0. The first kappa shape index (κ1) is 12.8. The molecule has 4 heteroatoms. The van der Waals surface area contributed by atoms with Crippen molar-refractivity contribution < 1.29 is 4.79 Å². The quantitative estimate of drug-likeness (QED) is 0.782. The zero-order valence-electron chi connectivity index (χ0n) is 10.3. The molecule has 0 N–H and O–H groups in total. The Bertz CT molecular complexity index is 407. The van der Waals surface area contributed by atoms with Gasteiger partial charge in [0, 0.05) is 5.25 Å². The van der Waals surface area contributed by atoms with E-state index in [4.69, 9.17) is 0 Å². The Hall–Kier alpha value is -0.610. The predicted octanol–water partition coefficient (Wildman–Crippen LogP) is 3.49. The second kappa shape index (κ2) is 4.94. The molecule has 17 heavy (non-hydrogen) atoms. The Labute approximate surface area is 111 Å². The summed E-state index contributed by atoms with van der Waals surface area (Å²) in [6.45, 7) is 6.37. The van der Waals surface area contributed by atoms with Gasteiger partial charge in [-0.1, -0.05) is 44.2 Å². The van der Waals surface area contributed by atoms with Gasteiger partial charge < -0.3 is 0 Å². The maximum atomic E-state index is 12.0. The van der Waals surface area contributed by atoms with Crippen molar-refractivity contribution in [2.45, 2.75) is 30.9 Å². The summed E-state index contributed by atoms with van der Waals surface area (Å²) in [4.78, 5) is 11.8. The Morgan fingerprint density at radius 1 is 1.35 bits per heavy atom. The number of hydrogen-bond acceptors (Lipinski definition) is 3. The molecule has 0 bridgehead atoms. The lowest BCUT2D eigenvalue weighted by Gasteiger charge is -2.34. The molecule has 1 aromatic rings. The molecule has 1 aromatic carbocycles. The minimum absolute atomic E-state index is 0.222. The molecule has 2 nitrogen and oxygen atoms in total. The van der Waals surface area contributed by atoms with Crippen molar-refractivity contribution in [3.05, 3.63) is 35.9 Å². The van der Waals surface area contributed by atoms with Crippen molar-refractivity contribution in [1.29, 1.82) is 0 Å². The summed E-state index contributed by atoms with van der Waals surface area (Å²) < 4.78 is 1.94. The van der Waals surface area contributed by atoms with E-state index in [9.17, 15) is 4.79 Å². The summed E-state index contributed by atoms with van der Waals surface area (Å²) in [6, 6.07) is 10.3. The summed E-state index contributed by atoms with van der Waals surface area (Å²) in [5.41, 5.74) is 1.20. The van der Waals surface area contributed by atoms with E-state index in [1.54, 1.807) is 23.7 Å². The fraction of sp³-hybridized carbons (Fsp3) is 0.462. The third kappa shape index (κ3) is 2.47. The van der Waals surface area contributed by atoms with Crippen molar-refractivity contribution in [1.82, 2.24) is 4.31 Å². The van der Waals surface area contributed by atoms with Crippen LogP contribution in [0, 0.1) is 0 Å². The number of carbonyl (C=O) groups is 1. The van der Waals surface area contributed by atoms with Gasteiger partial charge in [0.15, 0.2) is 0 Å². The second-order valence-corrected chi connectivity index (χ2v) is 7.37. The highest BCUT2D eigenvalue weighted by molar-refractivity contribution is 8.04. The molecule has 1 unspecified atom stereocenters. The highest BCUT2D eigenvalue weighted by Crippen LogP contribution is 2.48. The molecule has 0 radical (unpaired) electrons. The van der Waals surface area contributed by atoms with Crippen LogP contribution in [0.4, 0.5) is 0 Å². The van der Waals surface area contributed by atoms with Crippen LogP contribution in [0.5, 0.6) is 0 Å². The monoisotopic (exact) mass is 267 g/mol. The molecule has 1 heterocycles. The SMILES string of the molecule is CC(C)SN1C(=O)CSC1(C)c1ccccc1. The highest BCUT2D eigenvalue weighted by Gasteiger charge is 2.44. The van der Waals surface area contributed by atoms with Gasteiger partial charge in [0.05, 0.1) is 5.75 Å². The third-order valence-corrected chi connectivity index (χ3v) is 5.40. The Morgan fingerprint density at radius 3 is 2.59 bits per heavy atom. The van der Waals surface area contributed by atoms with Crippen LogP contribution in [0.15, 0.2) is 30.3 Å². The zero-order chi connectivity index (χ0) is 12.5. The maximum Gasteiger partial charge on any atom is 0.244 e. The topological polar surface area (TPSA) is 20.3 Å². The lowest BCUT2D eigenvalue weighted by Crippen LogP contribution is -2.35. The van der Waals surface area contributed by atoms with Gasteiger partial charge in [0.1, 0.15) is 4.87 Å². The number of hydrogen-bond donors (Lipinski definition) is 0. The van der Waals surface area contributed by atoms with Gasteiger partial charge in [-0.05, 0) is 24.4 Å². The molecular weight excluding hydrogens is 250 g/mol. The summed E-state index contributed by atoms with van der Waals surface area (Å²) in [7, 11) is 0. The number of carbonyl (C=O) groups excluding carboxylic acids is 1. The van der Waals surface area contributed by atoms with Crippen molar-refractivity contribution >= 4 is 29.6 Å². The molecule has 1 atom stereocenters. The Balaban J connectivity index is 2.32. The normalized spacial score (nSPS) is 24.7. The average molecular weight is 267 g/mol. The molecule has 1 aliphatic heterocycles. The smallest absolute Gasteiger partial charge is 0.244 e. The summed E-state index contributed by atoms with van der Waals surface area (Å²) in [6.07, 6.45) is 0. The summed E-state index contributed by atoms with van der Waals surface area (Å²) in [5.74, 6) is 0.797. The molecule has 0 aromatic heterocycles. The van der Waals surface area contributed by atoms with Crippen LogP contribution < -0.4 is 0 Å². The molecule has 0 aliphatic carbocycles. The largest absolute Gasteiger partial charge is 0.273 e. The molecule has 1 amide bonds. The standard InChI is InChI=1S/C13H17NOS2/c1-10(2)17-14-12(15)9-16-13(14,3)11-7-5-4-6-8-11/h4-8,10H,9H2,1-3H3. The lowest BCUT2D eigenvalue weighted by atomic mass is 10.1. The van der Waals surface area contributed by atoms with Crippen LogP contribution in [0.1, 0.15) is 26.3 Å². The molecule has 1 fully saturated rings. The molecule has 1 saturated heterocycles. The second-order valence-electron chi connectivity index (χ2n) is 4.48. The molecule has 92 valence electrons. The van der Waals surface area contributed by atoms with E-state index in [1.807, 2.05) is 22.5 Å². The minimum Gasteiger partial charge on any atom is -0.273 e. The Kier molecular flexibility index (Phi) is 3.73. The van der Waals surface area contributed by atoms with Gasteiger partial charge in [0.25, 0.3) is 0 Å². The first-order valence-corrected chi connectivity index (χ1v) is 7.55. The third-order valence-electron chi connectivity index (χ3n) is 2.72. The van der Waals surface area contributed by atoms with E-state index in [2.05, 4.69) is 32.9 Å². The number of thioether (sulfide) groups is 1. The van der Waals surface area contributed by atoms with Crippen LogP contribution in [0.3, 0.4) is 0 Å². The minimum atomic E-state index is -0.229. The molecule has 2 rings (SSSR count). The van der Waals surface area contributed by atoms with Gasteiger partial charge in [-0.15, -0.1) is 11.8 Å². The van der Waals surface area contributed by atoms with Gasteiger partial charge in [-0.2, -0.15) is 0 Å². The number of rotatable bonds is 3. The fourth-order valence-corrected chi connectivity index (χ4v) is 4.21. The molecule has 0 saturated carbocycles. The summed E-state index contributed by atoms with van der Waals surface area (Å²) >= 11 is 3.35. The number of amides is 1. The van der Waals surface area contributed by atoms with Gasteiger partial charge in [0.2, 0.25) is 5.91 Å². The highest BCUT2D eigenvalue weighted by atomic mass is 32.2. The fourth-order valence-electron chi connectivity index (χ4n) is 1.88. The molecule has 1 aliphatic rings. The van der Waals surface area contributed by atoms with E-state index in [-0.39, 0.29) is 10.8 Å². The average Bonchev–Trinajstić information content (AvgIpc) is 2.59. The first-order valence-electron chi connectivity index (χ1n) is 5.73. The lowest BCUT2D eigenvalue weighted by molar-refractivity contribution is -0.124. The van der Waals surface area contributed by atoms with E-state index >= 15 is 0 Å². The van der Waals surface area contributed by atoms with Crippen molar-refractivity contribution in [3.8, 4) is 0 Å². The van der Waals surface area contributed by atoms with E-state index < -0.39 is 0 Å². The molecular formula is C13H17NOS2. The van der Waals surface area contributed by atoms with E-state index in [0.29, 0.717) is 11.0 Å². The van der Waals surface area contributed by atoms with Crippen LogP contribution in [0.25, 0.3) is 0 Å².